The monoisotopic (exact) mass is 481 g/mol. The molecule has 162 valence electrons. The number of aliphatic carboxylic acids is 1. The van der Waals surface area contributed by atoms with Gasteiger partial charge in [-0.05, 0) is 0 Å². The first-order valence-corrected chi connectivity index (χ1v) is 11.6. The molecule has 2 aliphatic heterocycles. The Morgan fingerprint density at radius 2 is 2.29 bits per heavy atom. The van der Waals surface area contributed by atoms with Crippen LogP contribution in [0, 0.1) is 0 Å². The second-order valence-corrected chi connectivity index (χ2v) is 9.42. The highest BCUT2D eigenvalue weighted by molar-refractivity contribution is 8.05. The van der Waals surface area contributed by atoms with Crippen molar-refractivity contribution in [3.8, 4) is 0 Å². The zero-order chi connectivity index (χ0) is 22.1. The molecule has 2 atom stereocenters. The van der Waals surface area contributed by atoms with E-state index in [2.05, 4.69) is 25.7 Å². The number of oxime groups is 1. The number of carboxylic acid groups (broad SMARTS) is 1. The van der Waals surface area contributed by atoms with Crippen molar-refractivity contribution < 1.29 is 24.7 Å². The SMILES string of the molecule is Nc1nc(/C(=N/O)C(=O)NC2C(=O)N3C(C(=O)O)=C(SCc4cn[nH]c4)CSC23)cs1. The molecule has 4 heterocycles. The summed E-state index contributed by atoms with van der Waals surface area (Å²) in [6, 6.07) is -0.958. The lowest BCUT2D eigenvalue weighted by atomic mass is 10.0. The van der Waals surface area contributed by atoms with Gasteiger partial charge in [0.2, 0.25) is 0 Å². The van der Waals surface area contributed by atoms with E-state index in [-0.39, 0.29) is 22.2 Å². The van der Waals surface area contributed by atoms with Crippen LogP contribution in [0.5, 0.6) is 0 Å². The van der Waals surface area contributed by atoms with Crippen LogP contribution in [0.2, 0.25) is 0 Å². The van der Waals surface area contributed by atoms with E-state index in [1.165, 1.54) is 33.8 Å². The number of carboxylic acids is 1. The Morgan fingerprint density at radius 1 is 1.48 bits per heavy atom. The number of anilines is 1. The van der Waals surface area contributed by atoms with Gasteiger partial charge < -0.3 is 21.4 Å². The first kappa shape index (κ1) is 21.2. The Labute approximate surface area is 187 Å². The molecular formula is C16H15N7O5S3. The Hall–Kier alpha value is -3.04. The molecule has 2 amide bonds. The maximum absolute atomic E-state index is 12.7. The Morgan fingerprint density at radius 3 is 2.90 bits per heavy atom. The van der Waals surface area contributed by atoms with E-state index in [0.717, 1.165) is 16.9 Å². The zero-order valence-electron chi connectivity index (χ0n) is 15.5. The van der Waals surface area contributed by atoms with Gasteiger partial charge in [-0.1, -0.05) is 5.16 Å². The summed E-state index contributed by atoms with van der Waals surface area (Å²) in [4.78, 5) is 42.7. The minimum atomic E-state index is -1.21. The van der Waals surface area contributed by atoms with Gasteiger partial charge in [0.1, 0.15) is 22.8 Å². The third kappa shape index (κ3) is 3.98. The van der Waals surface area contributed by atoms with Crippen LogP contribution in [-0.4, -0.2) is 71.1 Å². The average molecular weight is 482 g/mol. The fourth-order valence-electron chi connectivity index (χ4n) is 3.05. The van der Waals surface area contributed by atoms with Crippen molar-refractivity contribution in [2.45, 2.75) is 17.2 Å². The van der Waals surface area contributed by atoms with Gasteiger partial charge in [-0.15, -0.1) is 34.9 Å². The molecule has 2 aliphatic rings. The molecule has 15 heteroatoms. The van der Waals surface area contributed by atoms with Gasteiger partial charge in [0, 0.05) is 33.6 Å². The Balaban J connectivity index is 1.48. The van der Waals surface area contributed by atoms with Crippen molar-refractivity contribution in [1.82, 2.24) is 25.4 Å². The highest BCUT2D eigenvalue weighted by atomic mass is 32.2. The van der Waals surface area contributed by atoms with Gasteiger partial charge in [0.05, 0.1) is 6.20 Å². The fraction of sp³-hybridized carbons (Fsp3) is 0.250. The summed E-state index contributed by atoms with van der Waals surface area (Å²) < 4.78 is 0. The first-order valence-electron chi connectivity index (χ1n) is 8.66. The lowest BCUT2D eigenvalue weighted by Crippen LogP contribution is -2.71. The number of nitrogen functional groups attached to an aromatic ring is 1. The minimum absolute atomic E-state index is 0.0754. The normalized spacial score (nSPS) is 21.0. The van der Waals surface area contributed by atoms with E-state index >= 15 is 0 Å². The molecule has 0 saturated carbocycles. The molecule has 0 aliphatic carbocycles. The van der Waals surface area contributed by atoms with Crippen molar-refractivity contribution in [3.05, 3.63) is 39.6 Å². The average Bonchev–Trinajstić information content (AvgIpc) is 3.42. The number of rotatable bonds is 7. The molecule has 2 unspecified atom stereocenters. The molecule has 12 nitrogen and oxygen atoms in total. The second kappa shape index (κ2) is 8.60. The van der Waals surface area contributed by atoms with Crippen LogP contribution >= 0.6 is 34.9 Å². The maximum atomic E-state index is 12.7. The Kier molecular flexibility index (Phi) is 5.88. The maximum Gasteiger partial charge on any atom is 0.353 e. The standard InChI is InChI=1S/C16H15N7O5S3/c17-16-20-7(4-31-16)9(22-28)12(24)21-10-13(25)23-11(15(26)27)8(5-30-14(10)23)29-3-6-1-18-19-2-6/h1-2,4,10,14,28H,3,5H2,(H2,17,20)(H,18,19)(H,21,24)(H,26,27)/b22-9-. The number of fused-ring (bicyclic) bond motifs is 1. The van der Waals surface area contributed by atoms with Crippen LogP contribution in [0.1, 0.15) is 11.3 Å². The molecule has 1 fully saturated rings. The van der Waals surface area contributed by atoms with Crippen LogP contribution in [0.4, 0.5) is 5.13 Å². The lowest BCUT2D eigenvalue weighted by molar-refractivity contribution is -0.150. The number of aromatic amines is 1. The molecule has 0 spiro atoms. The third-order valence-electron chi connectivity index (χ3n) is 4.47. The number of amides is 2. The lowest BCUT2D eigenvalue weighted by Gasteiger charge is -2.49. The van der Waals surface area contributed by atoms with Crippen LogP contribution < -0.4 is 11.1 Å². The molecule has 0 bridgehead atoms. The van der Waals surface area contributed by atoms with Crippen molar-refractivity contribution in [2.24, 2.45) is 5.16 Å². The molecule has 6 N–H and O–H groups in total. The highest BCUT2D eigenvalue weighted by Gasteiger charge is 2.54. The number of thiazole rings is 1. The van der Waals surface area contributed by atoms with Gasteiger partial charge >= 0.3 is 5.97 Å². The van der Waals surface area contributed by atoms with E-state index < -0.39 is 29.2 Å². The topological polar surface area (TPSA) is 187 Å². The van der Waals surface area contributed by atoms with Gasteiger partial charge in [-0.2, -0.15) is 5.10 Å². The summed E-state index contributed by atoms with van der Waals surface area (Å²) in [5.41, 5.74) is 6.04. The number of nitrogens with one attached hydrogen (secondary N) is 2. The van der Waals surface area contributed by atoms with Gasteiger partial charge in [0.25, 0.3) is 11.8 Å². The van der Waals surface area contributed by atoms with Gasteiger partial charge in [-0.3, -0.25) is 19.6 Å². The van der Waals surface area contributed by atoms with Crippen molar-refractivity contribution in [3.63, 3.8) is 0 Å². The van der Waals surface area contributed by atoms with Crippen LogP contribution in [-0.2, 0) is 20.1 Å². The largest absolute Gasteiger partial charge is 0.477 e. The summed E-state index contributed by atoms with van der Waals surface area (Å²) in [6.07, 6.45) is 3.35. The molecule has 1 saturated heterocycles. The molecule has 0 radical (unpaired) electrons. The molecule has 0 aromatic carbocycles. The van der Waals surface area contributed by atoms with Gasteiger partial charge in [0.15, 0.2) is 10.8 Å². The second-order valence-electron chi connectivity index (χ2n) is 6.35. The molecule has 2 aromatic rings. The predicted molar refractivity (Wildman–Crippen MR) is 114 cm³/mol. The zero-order valence-corrected chi connectivity index (χ0v) is 18.0. The number of carbonyl (C=O) groups excluding carboxylic acids is 2. The van der Waals surface area contributed by atoms with Crippen LogP contribution in [0.25, 0.3) is 0 Å². The van der Waals surface area contributed by atoms with E-state index in [1.54, 1.807) is 12.4 Å². The summed E-state index contributed by atoms with van der Waals surface area (Å²) in [6.45, 7) is 0. The molecule has 31 heavy (non-hydrogen) atoms. The number of nitrogens with two attached hydrogens (primary N) is 1. The van der Waals surface area contributed by atoms with E-state index in [1.807, 2.05) is 0 Å². The van der Waals surface area contributed by atoms with Gasteiger partial charge in [-0.25, -0.2) is 9.78 Å². The van der Waals surface area contributed by atoms with Crippen molar-refractivity contribution in [2.75, 3.05) is 11.5 Å². The number of aromatic nitrogens is 3. The number of nitrogens with zero attached hydrogens (tertiary/aromatic N) is 4. The van der Waals surface area contributed by atoms with E-state index in [9.17, 15) is 24.7 Å². The minimum Gasteiger partial charge on any atom is -0.477 e. The molecule has 2 aromatic heterocycles. The quantitative estimate of drug-likeness (QED) is 0.159. The molecular weight excluding hydrogens is 466 g/mol. The van der Waals surface area contributed by atoms with Crippen molar-refractivity contribution in [1.29, 1.82) is 0 Å². The number of thioether (sulfide) groups is 2. The third-order valence-corrected chi connectivity index (χ3v) is 7.77. The number of hydrogen-bond acceptors (Lipinski definition) is 11. The number of carbonyl (C=O) groups is 3. The first-order chi connectivity index (χ1) is 14.9. The van der Waals surface area contributed by atoms with Crippen LogP contribution in [0.3, 0.4) is 0 Å². The van der Waals surface area contributed by atoms with E-state index in [4.69, 9.17) is 5.73 Å². The number of hydrogen-bond donors (Lipinski definition) is 5. The van der Waals surface area contributed by atoms with Crippen LogP contribution in [0.15, 0.2) is 33.5 Å². The summed E-state index contributed by atoms with van der Waals surface area (Å²) >= 11 is 3.73. The van der Waals surface area contributed by atoms with E-state index in [0.29, 0.717) is 16.4 Å². The highest BCUT2D eigenvalue weighted by Crippen LogP contribution is 2.44. The number of H-pyrrole nitrogens is 1. The number of β-lactam (4-membered cyclic amide) rings is 1. The fourth-order valence-corrected chi connectivity index (χ4v) is 6.15. The summed E-state index contributed by atoms with van der Waals surface area (Å²) in [5, 5.41) is 32.0. The summed E-state index contributed by atoms with van der Waals surface area (Å²) in [5.74, 6) is -1.71. The smallest absolute Gasteiger partial charge is 0.353 e. The molecule has 4 rings (SSSR count). The van der Waals surface area contributed by atoms with Crippen molar-refractivity contribution >= 4 is 63.5 Å². The summed E-state index contributed by atoms with van der Waals surface area (Å²) in [7, 11) is 0. The Bertz CT molecular complexity index is 1100. The predicted octanol–water partition coefficient (Wildman–Crippen LogP) is 0.256.